The predicted molar refractivity (Wildman–Crippen MR) is 102 cm³/mol. The lowest BCUT2D eigenvalue weighted by Gasteiger charge is -2.19. The molecule has 10 nitrogen and oxygen atoms in total. The van der Waals surface area contributed by atoms with Crippen LogP contribution in [0.1, 0.15) is 37.0 Å². The first kappa shape index (κ1) is 19.3. The number of aromatic nitrogens is 2. The summed E-state index contributed by atoms with van der Waals surface area (Å²) in [4.78, 5) is 36.7. The van der Waals surface area contributed by atoms with Gasteiger partial charge < -0.3 is 15.3 Å². The number of amides is 1. The summed E-state index contributed by atoms with van der Waals surface area (Å²) in [5, 5.41) is 27.3. The molecule has 1 aromatic heterocycles. The predicted octanol–water partition coefficient (Wildman–Crippen LogP) is 2.46. The third-order valence-corrected chi connectivity index (χ3v) is 4.82. The Hall–Kier alpha value is -3.43. The zero-order valence-electron chi connectivity index (χ0n) is 15.6. The highest BCUT2D eigenvalue weighted by Crippen LogP contribution is 2.32. The van der Waals surface area contributed by atoms with E-state index in [1.807, 2.05) is 4.90 Å². The van der Waals surface area contributed by atoms with Crippen molar-refractivity contribution in [3.63, 3.8) is 0 Å². The molecule has 1 aromatic carbocycles. The molecule has 3 rings (SSSR count). The lowest BCUT2D eigenvalue weighted by molar-refractivity contribution is -0.384. The Morgan fingerprint density at radius 3 is 2.57 bits per heavy atom. The van der Waals surface area contributed by atoms with Crippen molar-refractivity contribution in [2.75, 3.05) is 23.3 Å². The molecule has 1 aliphatic heterocycles. The second-order valence-corrected chi connectivity index (χ2v) is 7.15. The molecule has 0 bridgehead atoms. The Labute approximate surface area is 160 Å². The van der Waals surface area contributed by atoms with Crippen molar-refractivity contribution in [3.8, 4) is 0 Å². The molecule has 1 aliphatic rings. The number of nitro groups is 1. The van der Waals surface area contributed by atoms with Gasteiger partial charge in [0.25, 0.3) is 11.6 Å². The Balaban J connectivity index is 1.81. The number of anilines is 2. The van der Waals surface area contributed by atoms with E-state index in [2.05, 4.69) is 10.4 Å². The summed E-state index contributed by atoms with van der Waals surface area (Å²) in [6.07, 6.45) is 4.70. The van der Waals surface area contributed by atoms with Gasteiger partial charge >= 0.3 is 5.97 Å². The molecule has 0 saturated carbocycles. The molecule has 2 heterocycles. The normalized spacial score (nSPS) is 14.1. The number of nitro benzene ring substituents is 1. The number of nitrogens with one attached hydrogen (secondary N) is 1. The number of hydrogen-bond donors (Lipinski definition) is 2. The van der Waals surface area contributed by atoms with E-state index >= 15 is 0 Å². The molecule has 148 valence electrons. The highest BCUT2D eigenvalue weighted by Gasteiger charge is 2.30. The molecule has 1 saturated heterocycles. The summed E-state index contributed by atoms with van der Waals surface area (Å²) >= 11 is 0. The number of aliphatic carboxylic acids is 1. The number of carboxylic acid groups (broad SMARTS) is 1. The third kappa shape index (κ3) is 3.66. The van der Waals surface area contributed by atoms with Crippen LogP contribution >= 0.6 is 0 Å². The number of nitrogens with zero attached hydrogens (tertiary/aromatic N) is 4. The zero-order chi connectivity index (χ0) is 20.5. The maximum Gasteiger partial charge on any atom is 0.331 e. The molecule has 0 unspecified atom stereocenters. The molecule has 0 radical (unpaired) electrons. The number of carbonyl (C=O) groups excluding carboxylic acids is 1. The fraction of sp³-hybridized carbons (Fsp3) is 0.389. The SMILES string of the molecule is CC(C)(C(=O)O)n1cc(NC(=O)c2ccc(N3CCCC3)c([N+](=O)[O-])c2)cn1. The molecular formula is C18H21N5O5. The van der Waals surface area contributed by atoms with Gasteiger partial charge in [0.05, 0.1) is 16.8 Å². The van der Waals surface area contributed by atoms with E-state index in [4.69, 9.17) is 0 Å². The Morgan fingerprint density at radius 1 is 1.29 bits per heavy atom. The average Bonchev–Trinajstić information content (AvgIpc) is 3.33. The van der Waals surface area contributed by atoms with E-state index in [0.29, 0.717) is 11.4 Å². The van der Waals surface area contributed by atoms with E-state index in [9.17, 15) is 24.8 Å². The Kier molecular flexibility index (Phi) is 5.04. The van der Waals surface area contributed by atoms with Crippen molar-refractivity contribution in [2.24, 2.45) is 0 Å². The summed E-state index contributed by atoms with van der Waals surface area (Å²) in [6.45, 7) is 4.47. The van der Waals surface area contributed by atoms with Crippen LogP contribution in [0.25, 0.3) is 0 Å². The van der Waals surface area contributed by atoms with Crippen LogP contribution in [0.5, 0.6) is 0 Å². The van der Waals surface area contributed by atoms with Crippen LogP contribution in [0.4, 0.5) is 17.1 Å². The van der Waals surface area contributed by atoms with Gasteiger partial charge in [0.1, 0.15) is 5.69 Å². The Bertz CT molecular complexity index is 930. The van der Waals surface area contributed by atoms with Gasteiger partial charge in [-0.3, -0.25) is 19.6 Å². The maximum absolute atomic E-state index is 12.5. The van der Waals surface area contributed by atoms with E-state index in [1.54, 1.807) is 12.1 Å². The minimum absolute atomic E-state index is 0.114. The van der Waals surface area contributed by atoms with Gasteiger partial charge in [-0.15, -0.1) is 0 Å². The minimum Gasteiger partial charge on any atom is -0.479 e. The van der Waals surface area contributed by atoms with Crippen LogP contribution in [0, 0.1) is 10.1 Å². The largest absolute Gasteiger partial charge is 0.479 e. The van der Waals surface area contributed by atoms with Crippen LogP contribution in [-0.4, -0.2) is 44.8 Å². The first-order chi connectivity index (χ1) is 13.2. The summed E-state index contributed by atoms with van der Waals surface area (Å²) < 4.78 is 1.23. The number of rotatable bonds is 6. The van der Waals surface area contributed by atoms with Crippen molar-refractivity contribution in [3.05, 3.63) is 46.3 Å². The summed E-state index contributed by atoms with van der Waals surface area (Å²) in [7, 11) is 0. The molecular weight excluding hydrogens is 366 g/mol. The Morgan fingerprint density at radius 2 is 1.96 bits per heavy atom. The molecule has 0 aliphatic carbocycles. The van der Waals surface area contributed by atoms with Crippen LogP contribution in [0.2, 0.25) is 0 Å². The quantitative estimate of drug-likeness (QED) is 0.575. The standard InChI is InChI=1S/C18H21N5O5/c1-18(2,17(25)26)22-11-13(10-19-22)20-16(24)12-5-6-14(15(9-12)23(27)28)21-7-3-4-8-21/h5-6,9-11H,3-4,7-8H2,1-2H3,(H,20,24)(H,25,26). The second kappa shape index (κ2) is 7.29. The van der Waals surface area contributed by atoms with E-state index in [0.717, 1.165) is 25.9 Å². The number of carbonyl (C=O) groups is 2. The number of carboxylic acids is 1. The lowest BCUT2D eigenvalue weighted by atomic mass is 10.1. The van der Waals surface area contributed by atoms with Gasteiger partial charge in [0, 0.05) is 30.9 Å². The van der Waals surface area contributed by atoms with E-state index in [-0.39, 0.29) is 11.3 Å². The molecule has 1 amide bonds. The monoisotopic (exact) mass is 387 g/mol. The van der Waals surface area contributed by atoms with Gasteiger partial charge in [-0.05, 0) is 38.8 Å². The van der Waals surface area contributed by atoms with Crippen molar-refractivity contribution >= 4 is 28.9 Å². The van der Waals surface area contributed by atoms with Gasteiger partial charge in [-0.25, -0.2) is 4.79 Å². The molecule has 28 heavy (non-hydrogen) atoms. The molecule has 2 N–H and O–H groups in total. The van der Waals surface area contributed by atoms with Gasteiger partial charge in [0.2, 0.25) is 0 Å². The zero-order valence-corrected chi connectivity index (χ0v) is 15.6. The van der Waals surface area contributed by atoms with Crippen molar-refractivity contribution in [1.82, 2.24) is 9.78 Å². The summed E-state index contributed by atoms with van der Waals surface area (Å²) in [5.74, 6) is -1.61. The molecule has 0 spiro atoms. The smallest absolute Gasteiger partial charge is 0.331 e. The fourth-order valence-corrected chi connectivity index (χ4v) is 3.03. The average molecular weight is 387 g/mol. The van der Waals surface area contributed by atoms with Crippen molar-refractivity contribution in [1.29, 1.82) is 0 Å². The first-order valence-corrected chi connectivity index (χ1v) is 8.83. The van der Waals surface area contributed by atoms with Crippen LogP contribution in [0.3, 0.4) is 0 Å². The first-order valence-electron chi connectivity index (χ1n) is 8.83. The second-order valence-electron chi connectivity index (χ2n) is 7.15. The van der Waals surface area contributed by atoms with E-state index in [1.165, 1.54) is 37.0 Å². The molecule has 10 heteroatoms. The van der Waals surface area contributed by atoms with Crippen LogP contribution < -0.4 is 10.2 Å². The summed E-state index contributed by atoms with van der Waals surface area (Å²) in [5.41, 5.74) is -0.447. The van der Waals surface area contributed by atoms with Crippen molar-refractivity contribution < 1.29 is 19.6 Å². The van der Waals surface area contributed by atoms with Crippen molar-refractivity contribution in [2.45, 2.75) is 32.2 Å². The van der Waals surface area contributed by atoms with E-state index < -0.39 is 22.3 Å². The van der Waals surface area contributed by atoms with Crippen LogP contribution in [0.15, 0.2) is 30.6 Å². The third-order valence-electron chi connectivity index (χ3n) is 4.82. The highest BCUT2D eigenvalue weighted by molar-refractivity contribution is 6.05. The fourth-order valence-electron chi connectivity index (χ4n) is 3.03. The maximum atomic E-state index is 12.5. The van der Waals surface area contributed by atoms with Crippen LogP contribution in [-0.2, 0) is 10.3 Å². The highest BCUT2D eigenvalue weighted by atomic mass is 16.6. The molecule has 1 fully saturated rings. The van der Waals surface area contributed by atoms with Gasteiger partial charge in [-0.2, -0.15) is 5.10 Å². The van der Waals surface area contributed by atoms with Gasteiger partial charge in [0.15, 0.2) is 5.54 Å². The summed E-state index contributed by atoms with van der Waals surface area (Å²) in [6, 6.07) is 4.39. The number of benzene rings is 1. The minimum atomic E-state index is -1.28. The lowest BCUT2D eigenvalue weighted by Crippen LogP contribution is -2.35. The van der Waals surface area contributed by atoms with Gasteiger partial charge in [-0.1, -0.05) is 0 Å². The topological polar surface area (TPSA) is 131 Å². The molecule has 2 aromatic rings. The number of hydrogen-bond acceptors (Lipinski definition) is 6. The molecule has 0 atom stereocenters.